The Morgan fingerprint density at radius 1 is 1.24 bits per heavy atom. The van der Waals surface area contributed by atoms with Crippen LogP contribution in [-0.2, 0) is 16.1 Å². The molecule has 0 bridgehead atoms. The van der Waals surface area contributed by atoms with Gasteiger partial charge < -0.3 is 19.5 Å². The fourth-order valence-corrected chi connectivity index (χ4v) is 4.10. The normalized spacial score (nSPS) is 14.8. The number of esters is 1. The first kappa shape index (κ1) is 23.6. The van der Waals surface area contributed by atoms with Crippen molar-refractivity contribution in [3.63, 3.8) is 0 Å². The Labute approximate surface area is 205 Å². The van der Waals surface area contributed by atoms with Gasteiger partial charge in [0.05, 0.1) is 12.7 Å². The van der Waals surface area contributed by atoms with Crippen molar-refractivity contribution in [3.05, 3.63) is 81.5 Å². The van der Waals surface area contributed by atoms with Gasteiger partial charge in [0.1, 0.15) is 19.3 Å². The van der Waals surface area contributed by atoms with Gasteiger partial charge >= 0.3 is 5.97 Å². The third-order valence-electron chi connectivity index (χ3n) is 5.20. The summed E-state index contributed by atoms with van der Waals surface area (Å²) in [5.41, 5.74) is 2.30. The van der Waals surface area contributed by atoms with E-state index in [-0.39, 0.29) is 13.2 Å². The van der Waals surface area contributed by atoms with E-state index in [0.29, 0.717) is 49.9 Å². The Hall–Kier alpha value is -3.56. The number of anilines is 1. The number of ether oxygens (including phenoxy) is 3. The first-order chi connectivity index (χ1) is 16.4. The molecule has 0 spiro atoms. The number of tetrazole rings is 1. The smallest absolute Gasteiger partial charge is 0.338 e. The number of carbonyl (C=O) groups excluding carboxylic acids is 1. The Morgan fingerprint density at radius 3 is 2.71 bits per heavy atom. The molecular weight excluding hydrogens is 481 g/mol. The fourth-order valence-electron chi connectivity index (χ4n) is 3.59. The highest BCUT2D eigenvalue weighted by molar-refractivity contribution is 6.35. The lowest BCUT2D eigenvalue weighted by Crippen LogP contribution is -2.29. The van der Waals surface area contributed by atoms with Crippen molar-refractivity contribution < 1.29 is 19.0 Å². The van der Waals surface area contributed by atoms with Crippen molar-refractivity contribution in [2.75, 3.05) is 19.0 Å². The average Bonchev–Trinajstić information content (AvgIpc) is 3.29. The molecule has 0 radical (unpaired) electrons. The van der Waals surface area contributed by atoms with Crippen LogP contribution in [0.25, 0.3) is 0 Å². The second-order valence-corrected chi connectivity index (χ2v) is 8.11. The molecule has 2 heterocycles. The van der Waals surface area contributed by atoms with Crippen molar-refractivity contribution in [2.45, 2.75) is 19.6 Å². The van der Waals surface area contributed by atoms with Crippen LogP contribution in [0, 0.1) is 0 Å². The largest absolute Gasteiger partial charge is 0.493 e. The van der Waals surface area contributed by atoms with Crippen LogP contribution < -0.4 is 14.8 Å². The number of aromatic nitrogens is 4. The lowest BCUT2D eigenvalue weighted by Gasteiger charge is -2.27. The minimum Gasteiger partial charge on any atom is -0.493 e. The number of methoxy groups -OCH3 is 1. The molecule has 1 aromatic heterocycles. The zero-order valence-corrected chi connectivity index (χ0v) is 19.9. The summed E-state index contributed by atoms with van der Waals surface area (Å²) in [5.74, 6) is 0.814. The van der Waals surface area contributed by atoms with Crippen LogP contribution in [0.15, 0.2) is 60.3 Å². The van der Waals surface area contributed by atoms with Crippen LogP contribution in [0.1, 0.15) is 24.1 Å². The number of rotatable bonds is 8. The summed E-state index contributed by atoms with van der Waals surface area (Å²) in [6.45, 7) is 5.58. The van der Waals surface area contributed by atoms with E-state index in [2.05, 4.69) is 27.4 Å². The molecule has 2 aromatic carbocycles. The van der Waals surface area contributed by atoms with Crippen LogP contribution in [0.4, 0.5) is 5.95 Å². The number of hydrogen-bond donors (Lipinski definition) is 1. The third kappa shape index (κ3) is 4.57. The van der Waals surface area contributed by atoms with Gasteiger partial charge in [0.25, 0.3) is 0 Å². The molecule has 9 nitrogen and oxygen atoms in total. The molecule has 1 atom stereocenters. The highest BCUT2D eigenvalue weighted by Crippen LogP contribution is 2.39. The van der Waals surface area contributed by atoms with Crippen LogP contribution in [0.3, 0.4) is 0 Å². The van der Waals surface area contributed by atoms with E-state index >= 15 is 0 Å². The van der Waals surface area contributed by atoms with Gasteiger partial charge in [-0.2, -0.15) is 4.68 Å². The van der Waals surface area contributed by atoms with Gasteiger partial charge in [-0.15, -0.1) is 0 Å². The number of hydrogen-bond acceptors (Lipinski definition) is 8. The molecule has 0 saturated carbocycles. The lowest BCUT2D eigenvalue weighted by molar-refractivity contribution is -0.138. The molecule has 1 aliphatic heterocycles. The topological polar surface area (TPSA) is 100 Å². The van der Waals surface area contributed by atoms with Crippen molar-refractivity contribution in [2.24, 2.45) is 0 Å². The van der Waals surface area contributed by atoms with Crippen molar-refractivity contribution in [3.8, 4) is 11.5 Å². The van der Waals surface area contributed by atoms with E-state index in [9.17, 15) is 4.79 Å². The van der Waals surface area contributed by atoms with Crippen molar-refractivity contribution in [1.29, 1.82) is 0 Å². The third-order valence-corrected chi connectivity index (χ3v) is 5.91. The van der Waals surface area contributed by atoms with Crippen LogP contribution in [0.5, 0.6) is 11.5 Å². The van der Waals surface area contributed by atoms with E-state index in [1.165, 1.54) is 17.9 Å². The van der Waals surface area contributed by atoms with Crippen molar-refractivity contribution in [1.82, 2.24) is 20.2 Å². The fraction of sp³-hybridized carbons (Fsp3) is 0.217. The maximum atomic E-state index is 12.9. The molecule has 1 unspecified atom stereocenters. The predicted octanol–water partition coefficient (Wildman–Crippen LogP) is 4.59. The summed E-state index contributed by atoms with van der Waals surface area (Å²) in [5, 5.41) is 15.8. The molecule has 11 heteroatoms. The predicted molar refractivity (Wildman–Crippen MR) is 127 cm³/mol. The zero-order chi connectivity index (χ0) is 24.2. The Bertz CT molecular complexity index is 1250. The maximum Gasteiger partial charge on any atom is 0.338 e. The van der Waals surface area contributed by atoms with E-state index in [4.69, 9.17) is 37.4 Å². The highest BCUT2D eigenvalue weighted by Gasteiger charge is 2.35. The second-order valence-electron chi connectivity index (χ2n) is 7.30. The summed E-state index contributed by atoms with van der Waals surface area (Å²) in [4.78, 5) is 12.9. The van der Waals surface area contributed by atoms with Gasteiger partial charge in [0.2, 0.25) is 5.95 Å². The van der Waals surface area contributed by atoms with E-state index in [1.54, 1.807) is 37.3 Å². The Kier molecular flexibility index (Phi) is 7.04. The van der Waals surface area contributed by atoms with Crippen LogP contribution in [-0.4, -0.2) is 39.9 Å². The second kappa shape index (κ2) is 10.1. The molecule has 3 aromatic rings. The average molecular weight is 502 g/mol. The number of halogens is 2. The Balaban J connectivity index is 1.69. The number of nitrogens with one attached hydrogen (secondary N) is 1. The maximum absolute atomic E-state index is 12.9. The molecule has 1 aliphatic rings. The standard InChI is InChI=1S/C23H21Cl2N5O4/c1-4-10-33-22(31)20-13(2)26-23-27-28-29-30(23)21(20)14-8-9-18(19(11-14)32-3)34-12-15-16(24)6-5-7-17(15)25/h4-9,11,21H,1,10,12H2,2-3H3,(H,26,27,29). The summed E-state index contributed by atoms with van der Waals surface area (Å²) >= 11 is 12.5. The van der Waals surface area contributed by atoms with Crippen molar-refractivity contribution >= 4 is 35.1 Å². The SMILES string of the molecule is C=CCOC(=O)C1=C(C)Nc2nnnn2C1c1ccc(OCc2c(Cl)cccc2Cl)c(OC)c1. The first-order valence-corrected chi connectivity index (χ1v) is 11.0. The highest BCUT2D eigenvalue weighted by atomic mass is 35.5. The quantitative estimate of drug-likeness (QED) is 0.353. The Morgan fingerprint density at radius 2 is 2.00 bits per heavy atom. The monoisotopic (exact) mass is 501 g/mol. The number of nitrogens with zero attached hydrogens (tertiary/aromatic N) is 4. The molecule has 0 amide bonds. The molecule has 0 aliphatic carbocycles. The number of benzene rings is 2. The molecule has 0 saturated heterocycles. The summed E-state index contributed by atoms with van der Waals surface area (Å²) in [6.07, 6.45) is 1.50. The van der Waals surface area contributed by atoms with Gasteiger partial charge in [-0.25, -0.2) is 4.79 Å². The molecule has 1 N–H and O–H groups in total. The van der Waals surface area contributed by atoms with Gasteiger partial charge in [-0.3, -0.25) is 0 Å². The summed E-state index contributed by atoms with van der Waals surface area (Å²) in [7, 11) is 1.53. The minimum absolute atomic E-state index is 0.0749. The zero-order valence-electron chi connectivity index (χ0n) is 18.4. The summed E-state index contributed by atoms with van der Waals surface area (Å²) < 4.78 is 18.3. The van der Waals surface area contributed by atoms with Gasteiger partial charge in [0, 0.05) is 21.3 Å². The first-order valence-electron chi connectivity index (χ1n) is 10.2. The van der Waals surface area contributed by atoms with Gasteiger partial charge in [-0.1, -0.05) is 53.1 Å². The van der Waals surface area contributed by atoms with Crippen LogP contribution >= 0.6 is 23.2 Å². The molecule has 176 valence electrons. The number of fused-ring (bicyclic) bond motifs is 1. The molecular formula is C23H21Cl2N5O4. The molecule has 4 rings (SSSR count). The molecule has 0 fully saturated rings. The van der Waals surface area contributed by atoms with Gasteiger partial charge in [-0.05, 0) is 47.2 Å². The van der Waals surface area contributed by atoms with E-state index in [1.807, 2.05) is 6.07 Å². The van der Waals surface area contributed by atoms with E-state index in [0.717, 1.165) is 0 Å². The number of carbonyl (C=O) groups is 1. The lowest BCUT2D eigenvalue weighted by atomic mass is 9.95. The molecule has 34 heavy (non-hydrogen) atoms. The van der Waals surface area contributed by atoms with Gasteiger partial charge in [0.15, 0.2) is 11.5 Å². The summed E-state index contributed by atoms with van der Waals surface area (Å²) in [6, 6.07) is 9.92. The van der Waals surface area contributed by atoms with Crippen LogP contribution in [0.2, 0.25) is 10.0 Å². The number of allylic oxidation sites excluding steroid dienone is 1. The van der Waals surface area contributed by atoms with E-state index < -0.39 is 12.0 Å². The minimum atomic E-state index is -0.649.